The summed E-state index contributed by atoms with van der Waals surface area (Å²) in [6, 6.07) is 14.5. The van der Waals surface area contributed by atoms with Gasteiger partial charge in [-0.05, 0) is 61.7 Å². The SMILES string of the molecule is Cc1ccc(NC(=O)C2CN(C)c3ccccc32)cc1NC1=NC(C2CCC=NC2)CCN1C. The van der Waals surface area contributed by atoms with Crippen LogP contribution in [0.3, 0.4) is 0 Å². The van der Waals surface area contributed by atoms with Crippen LogP contribution in [0.5, 0.6) is 0 Å². The number of benzene rings is 2. The van der Waals surface area contributed by atoms with E-state index in [0.29, 0.717) is 18.5 Å². The number of anilines is 3. The van der Waals surface area contributed by atoms with Crippen molar-refractivity contribution in [2.24, 2.45) is 15.9 Å². The molecule has 2 N–H and O–H groups in total. The first-order valence-electron chi connectivity index (χ1n) is 12.3. The average Bonchev–Trinajstić information content (AvgIpc) is 3.20. The van der Waals surface area contributed by atoms with E-state index in [0.717, 1.165) is 66.5 Å². The lowest BCUT2D eigenvalue weighted by atomic mass is 9.90. The van der Waals surface area contributed by atoms with Crippen LogP contribution in [-0.4, -0.2) is 62.8 Å². The third-order valence-corrected chi connectivity index (χ3v) is 7.34. The van der Waals surface area contributed by atoms with E-state index < -0.39 is 0 Å². The number of amides is 1. The lowest BCUT2D eigenvalue weighted by Gasteiger charge is -2.34. The molecule has 5 rings (SSSR count). The summed E-state index contributed by atoms with van der Waals surface area (Å²) in [5.74, 6) is 1.27. The van der Waals surface area contributed by atoms with Crippen LogP contribution in [0.25, 0.3) is 0 Å². The Morgan fingerprint density at radius 2 is 1.94 bits per heavy atom. The maximum atomic E-state index is 13.2. The predicted molar refractivity (Wildman–Crippen MR) is 140 cm³/mol. The zero-order chi connectivity index (χ0) is 23.7. The van der Waals surface area contributed by atoms with Crippen molar-refractivity contribution >= 4 is 35.1 Å². The van der Waals surface area contributed by atoms with E-state index in [2.05, 4.69) is 51.5 Å². The smallest absolute Gasteiger partial charge is 0.233 e. The number of guanidine groups is 1. The fraction of sp³-hybridized carbons (Fsp3) is 0.444. The highest BCUT2D eigenvalue weighted by molar-refractivity contribution is 6.00. The lowest BCUT2D eigenvalue weighted by Crippen LogP contribution is -2.42. The summed E-state index contributed by atoms with van der Waals surface area (Å²) >= 11 is 0. The van der Waals surface area contributed by atoms with Crippen LogP contribution in [0.1, 0.15) is 36.3 Å². The minimum Gasteiger partial charge on any atom is -0.373 e. The van der Waals surface area contributed by atoms with Gasteiger partial charge >= 0.3 is 0 Å². The maximum absolute atomic E-state index is 13.2. The van der Waals surface area contributed by atoms with Gasteiger partial charge in [-0.2, -0.15) is 0 Å². The normalized spacial score (nSPS) is 24.0. The molecular formula is C27H34N6O. The molecule has 34 heavy (non-hydrogen) atoms. The molecule has 0 aliphatic carbocycles. The van der Waals surface area contributed by atoms with Crippen LogP contribution in [0.15, 0.2) is 52.4 Å². The van der Waals surface area contributed by atoms with Crippen molar-refractivity contribution in [1.82, 2.24) is 4.90 Å². The van der Waals surface area contributed by atoms with Crippen LogP contribution < -0.4 is 15.5 Å². The molecule has 1 amide bonds. The van der Waals surface area contributed by atoms with Crippen molar-refractivity contribution in [3.05, 3.63) is 53.6 Å². The summed E-state index contributed by atoms with van der Waals surface area (Å²) in [4.78, 5) is 27.1. The Bertz CT molecular complexity index is 1130. The van der Waals surface area contributed by atoms with Gasteiger partial charge in [0.25, 0.3) is 0 Å². The monoisotopic (exact) mass is 458 g/mol. The maximum Gasteiger partial charge on any atom is 0.233 e. The first-order chi connectivity index (χ1) is 16.5. The molecule has 0 bridgehead atoms. The first-order valence-corrected chi connectivity index (χ1v) is 12.3. The topological polar surface area (TPSA) is 72.3 Å². The Kier molecular flexibility index (Phi) is 6.26. The van der Waals surface area contributed by atoms with E-state index in [9.17, 15) is 4.79 Å². The van der Waals surface area contributed by atoms with E-state index >= 15 is 0 Å². The van der Waals surface area contributed by atoms with Gasteiger partial charge in [0, 0.05) is 56.7 Å². The molecule has 0 radical (unpaired) electrons. The molecule has 0 spiro atoms. The van der Waals surface area contributed by atoms with Crippen molar-refractivity contribution < 1.29 is 4.79 Å². The molecule has 2 aromatic carbocycles. The van der Waals surface area contributed by atoms with Crippen LogP contribution in [-0.2, 0) is 4.79 Å². The van der Waals surface area contributed by atoms with Gasteiger partial charge in [0.1, 0.15) is 0 Å². The van der Waals surface area contributed by atoms with Gasteiger partial charge in [-0.3, -0.25) is 9.79 Å². The zero-order valence-corrected chi connectivity index (χ0v) is 20.3. The Morgan fingerprint density at radius 1 is 1.09 bits per heavy atom. The summed E-state index contributed by atoms with van der Waals surface area (Å²) in [7, 11) is 4.12. The van der Waals surface area contributed by atoms with Crippen LogP contribution in [0.2, 0.25) is 0 Å². The number of para-hydroxylation sites is 1. The van der Waals surface area contributed by atoms with E-state index in [-0.39, 0.29) is 11.8 Å². The highest BCUT2D eigenvalue weighted by atomic mass is 16.1. The molecule has 3 aliphatic heterocycles. The molecule has 0 aromatic heterocycles. The number of aliphatic imine (C=N–C) groups is 2. The van der Waals surface area contributed by atoms with Crippen LogP contribution in [0, 0.1) is 12.8 Å². The van der Waals surface area contributed by atoms with Crippen LogP contribution >= 0.6 is 0 Å². The van der Waals surface area contributed by atoms with Gasteiger partial charge in [0.15, 0.2) is 5.96 Å². The Morgan fingerprint density at radius 3 is 2.76 bits per heavy atom. The molecule has 3 heterocycles. The lowest BCUT2D eigenvalue weighted by molar-refractivity contribution is -0.117. The summed E-state index contributed by atoms with van der Waals surface area (Å²) in [6.45, 7) is 4.62. The average molecular weight is 459 g/mol. The fourth-order valence-electron chi connectivity index (χ4n) is 5.22. The van der Waals surface area contributed by atoms with Crippen molar-refractivity contribution in [2.45, 2.75) is 38.1 Å². The van der Waals surface area contributed by atoms with Gasteiger partial charge < -0.3 is 20.4 Å². The van der Waals surface area contributed by atoms with Crippen LogP contribution in [0.4, 0.5) is 17.1 Å². The van der Waals surface area contributed by atoms with Gasteiger partial charge in [-0.25, -0.2) is 4.99 Å². The molecule has 7 nitrogen and oxygen atoms in total. The minimum atomic E-state index is -0.174. The Hall–Kier alpha value is -3.35. The minimum absolute atomic E-state index is 0.0247. The third kappa shape index (κ3) is 4.52. The third-order valence-electron chi connectivity index (χ3n) is 7.34. The zero-order valence-electron chi connectivity index (χ0n) is 20.3. The molecule has 0 saturated heterocycles. The summed E-state index contributed by atoms with van der Waals surface area (Å²) < 4.78 is 0. The largest absolute Gasteiger partial charge is 0.373 e. The number of hydrogen-bond donors (Lipinski definition) is 2. The number of hydrogen-bond acceptors (Lipinski definition) is 6. The van der Waals surface area contributed by atoms with Crippen molar-refractivity contribution in [3.8, 4) is 0 Å². The molecule has 3 aliphatic rings. The molecule has 3 atom stereocenters. The fourth-order valence-corrected chi connectivity index (χ4v) is 5.22. The molecular weight excluding hydrogens is 424 g/mol. The van der Waals surface area contributed by atoms with Gasteiger partial charge in [0.05, 0.1) is 12.0 Å². The quantitative estimate of drug-likeness (QED) is 0.723. The second-order valence-corrected chi connectivity index (χ2v) is 9.75. The summed E-state index contributed by atoms with van der Waals surface area (Å²) in [5.41, 5.74) is 5.09. The van der Waals surface area contributed by atoms with Gasteiger partial charge in [0.2, 0.25) is 5.91 Å². The van der Waals surface area contributed by atoms with Crippen molar-refractivity contribution in [3.63, 3.8) is 0 Å². The molecule has 0 fully saturated rings. The van der Waals surface area contributed by atoms with E-state index in [1.807, 2.05) is 43.6 Å². The number of aryl methyl sites for hydroxylation is 1. The molecule has 178 valence electrons. The summed E-state index contributed by atoms with van der Waals surface area (Å²) in [6.07, 6.45) is 5.32. The number of carbonyl (C=O) groups excluding carboxylic acids is 1. The van der Waals surface area contributed by atoms with E-state index in [1.54, 1.807) is 0 Å². The number of likely N-dealkylation sites (N-methyl/N-ethyl adjacent to an activating group) is 1. The number of fused-ring (bicyclic) bond motifs is 1. The number of nitrogens with zero attached hydrogens (tertiary/aromatic N) is 4. The van der Waals surface area contributed by atoms with Gasteiger partial charge in [-0.1, -0.05) is 24.3 Å². The van der Waals surface area contributed by atoms with Gasteiger partial charge in [-0.15, -0.1) is 0 Å². The van der Waals surface area contributed by atoms with E-state index in [4.69, 9.17) is 4.99 Å². The molecule has 2 aromatic rings. The Labute approximate surface area is 202 Å². The molecule has 7 heteroatoms. The summed E-state index contributed by atoms with van der Waals surface area (Å²) in [5, 5.41) is 6.70. The predicted octanol–water partition coefficient (Wildman–Crippen LogP) is 4.12. The van der Waals surface area contributed by atoms with Crippen molar-refractivity contribution in [1.29, 1.82) is 0 Å². The van der Waals surface area contributed by atoms with Crippen molar-refractivity contribution in [2.75, 3.05) is 49.3 Å². The highest BCUT2D eigenvalue weighted by Gasteiger charge is 2.32. The molecule has 0 saturated carbocycles. The number of nitrogens with one attached hydrogen (secondary N) is 2. The number of rotatable bonds is 4. The Balaban J connectivity index is 1.31. The first kappa shape index (κ1) is 22.4. The second kappa shape index (κ2) is 9.49. The highest BCUT2D eigenvalue weighted by Crippen LogP contribution is 2.36. The molecule has 3 unspecified atom stereocenters. The second-order valence-electron chi connectivity index (χ2n) is 9.75. The standard InChI is InChI=1S/C27H34N6O/c1-18-10-11-20(29-26(34)22-17-33(3)25-9-5-4-8-21(22)25)15-24(18)31-27-30-23(12-14-32(27)2)19-7-6-13-28-16-19/h4-5,8-11,13,15,19,22-23H,6-7,12,14,16-17H2,1-3H3,(H,29,34)(H,30,31). The van der Waals surface area contributed by atoms with E-state index in [1.165, 1.54) is 0 Å². The number of carbonyl (C=O) groups is 1.